The summed E-state index contributed by atoms with van der Waals surface area (Å²) in [5.41, 5.74) is 1.06. The number of methoxy groups -OCH3 is 1. The van der Waals surface area contributed by atoms with Crippen molar-refractivity contribution in [1.82, 2.24) is 0 Å². The highest BCUT2D eigenvalue weighted by molar-refractivity contribution is 5.90. The van der Waals surface area contributed by atoms with Crippen LogP contribution in [-0.4, -0.2) is 24.2 Å². The van der Waals surface area contributed by atoms with Gasteiger partial charge in [-0.1, -0.05) is 18.2 Å². The first kappa shape index (κ1) is 13.7. The van der Waals surface area contributed by atoms with Gasteiger partial charge in [-0.05, 0) is 29.8 Å². The van der Waals surface area contributed by atoms with Crippen LogP contribution in [-0.2, 0) is 4.74 Å². The lowest BCUT2D eigenvalue weighted by atomic mass is 10.0. The molecule has 102 valence electrons. The van der Waals surface area contributed by atoms with Gasteiger partial charge < -0.3 is 9.84 Å². The molecule has 5 heteroatoms. The second kappa shape index (κ2) is 5.52. The van der Waals surface area contributed by atoms with Gasteiger partial charge in [-0.2, -0.15) is 0 Å². The predicted octanol–water partition coefficient (Wildman–Crippen LogP) is 2.98. The minimum Gasteiger partial charge on any atom is -0.478 e. The van der Waals surface area contributed by atoms with Crippen LogP contribution in [0.5, 0.6) is 0 Å². The zero-order chi connectivity index (χ0) is 14.7. The Hall–Kier alpha value is -2.69. The van der Waals surface area contributed by atoms with Crippen LogP contribution >= 0.6 is 0 Å². The van der Waals surface area contributed by atoms with Crippen LogP contribution in [0.25, 0.3) is 11.1 Å². The van der Waals surface area contributed by atoms with Gasteiger partial charge >= 0.3 is 11.9 Å². The van der Waals surface area contributed by atoms with Crippen molar-refractivity contribution in [2.75, 3.05) is 7.11 Å². The normalized spacial score (nSPS) is 10.1. The number of aromatic carboxylic acids is 1. The summed E-state index contributed by atoms with van der Waals surface area (Å²) in [6.45, 7) is 0. The molecular weight excluding hydrogens is 263 g/mol. The molecule has 0 atom stereocenters. The molecule has 0 aliphatic heterocycles. The fraction of sp³-hybridized carbons (Fsp3) is 0.0667. The Morgan fingerprint density at radius 3 is 2.15 bits per heavy atom. The number of carboxylic acid groups (broad SMARTS) is 1. The Bertz CT molecular complexity index is 662. The van der Waals surface area contributed by atoms with E-state index in [0.717, 1.165) is 6.07 Å². The number of halogens is 1. The molecule has 0 spiro atoms. The van der Waals surface area contributed by atoms with E-state index in [1.807, 2.05) is 0 Å². The first-order valence-corrected chi connectivity index (χ1v) is 5.74. The number of ether oxygens (including phenoxy) is 1. The van der Waals surface area contributed by atoms with Crippen molar-refractivity contribution in [3.8, 4) is 11.1 Å². The molecule has 0 aliphatic rings. The van der Waals surface area contributed by atoms with E-state index in [9.17, 15) is 14.0 Å². The van der Waals surface area contributed by atoms with Gasteiger partial charge in [-0.15, -0.1) is 0 Å². The van der Waals surface area contributed by atoms with Crippen LogP contribution in [0, 0.1) is 5.82 Å². The average Bonchev–Trinajstić information content (AvgIpc) is 2.46. The summed E-state index contributed by atoms with van der Waals surface area (Å²) < 4.78 is 18.4. The highest BCUT2D eigenvalue weighted by Gasteiger charge is 2.11. The summed E-state index contributed by atoms with van der Waals surface area (Å²) in [6.07, 6.45) is 0. The Balaban J connectivity index is 2.37. The zero-order valence-electron chi connectivity index (χ0n) is 10.6. The van der Waals surface area contributed by atoms with Crippen molar-refractivity contribution < 1.29 is 23.8 Å². The van der Waals surface area contributed by atoms with E-state index >= 15 is 0 Å². The van der Waals surface area contributed by atoms with Crippen molar-refractivity contribution in [2.24, 2.45) is 0 Å². The molecule has 0 amide bonds. The molecule has 2 aromatic carbocycles. The van der Waals surface area contributed by atoms with Crippen molar-refractivity contribution >= 4 is 11.9 Å². The lowest BCUT2D eigenvalue weighted by molar-refractivity contribution is 0.0600. The minimum absolute atomic E-state index is 0.113. The fourth-order valence-electron chi connectivity index (χ4n) is 1.79. The highest BCUT2D eigenvalue weighted by Crippen LogP contribution is 2.24. The van der Waals surface area contributed by atoms with Crippen LogP contribution in [0.1, 0.15) is 20.7 Å². The van der Waals surface area contributed by atoms with Crippen LogP contribution in [0.2, 0.25) is 0 Å². The molecule has 0 radical (unpaired) electrons. The molecule has 0 aromatic heterocycles. The number of hydrogen-bond donors (Lipinski definition) is 1. The molecule has 4 nitrogen and oxygen atoms in total. The quantitative estimate of drug-likeness (QED) is 0.874. The van der Waals surface area contributed by atoms with Gasteiger partial charge in [0.15, 0.2) is 0 Å². The standard InChI is InChI=1S/C15H11FO4/c1-20-15(19)10-4-2-9(3-5-10)12-7-6-11(14(17)18)8-13(12)16/h2-8H,1H3,(H,17,18). The van der Waals surface area contributed by atoms with E-state index < -0.39 is 17.8 Å². The van der Waals surface area contributed by atoms with Crippen molar-refractivity contribution in [2.45, 2.75) is 0 Å². The topological polar surface area (TPSA) is 63.6 Å². The van der Waals surface area contributed by atoms with Crippen molar-refractivity contribution in [3.05, 3.63) is 59.4 Å². The maximum absolute atomic E-state index is 13.9. The van der Waals surface area contributed by atoms with Crippen molar-refractivity contribution in [3.63, 3.8) is 0 Å². The van der Waals surface area contributed by atoms with Gasteiger partial charge in [0.25, 0.3) is 0 Å². The maximum atomic E-state index is 13.9. The first-order valence-electron chi connectivity index (χ1n) is 5.74. The van der Waals surface area contributed by atoms with E-state index in [4.69, 9.17) is 5.11 Å². The number of carbonyl (C=O) groups excluding carboxylic acids is 1. The molecule has 2 aromatic rings. The SMILES string of the molecule is COC(=O)c1ccc(-c2ccc(C(=O)O)cc2F)cc1. The van der Waals surface area contributed by atoms with E-state index in [0.29, 0.717) is 11.1 Å². The van der Waals surface area contributed by atoms with Crippen LogP contribution in [0.3, 0.4) is 0 Å². The van der Waals surface area contributed by atoms with Crippen LogP contribution in [0.4, 0.5) is 4.39 Å². The van der Waals surface area contributed by atoms with Crippen molar-refractivity contribution in [1.29, 1.82) is 0 Å². The van der Waals surface area contributed by atoms with E-state index in [-0.39, 0.29) is 11.1 Å². The Morgan fingerprint density at radius 2 is 1.65 bits per heavy atom. The largest absolute Gasteiger partial charge is 0.478 e. The Kier molecular flexibility index (Phi) is 3.79. The number of esters is 1. The maximum Gasteiger partial charge on any atom is 0.337 e. The number of benzene rings is 2. The lowest BCUT2D eigenvalue weighted by Crippen LogP contribution is -2.01. The fourth-order valence-corrected chi connectivity index (χ4v) is 1.79. The molecule has 0 saturated carbocycles. The van der Waals surface area contributed by atoms with Gasteiger partial charge in [-0.3, -0.25) is 0 Å². The third kappa shape index (κ3) is 2.66. The molecule has 0 aliphatic carbocycles. The molecule has 20 heavy (non-hydrogen) atoms. The summed E-state index contributed by atoms with van der Waals surface area (Å²) in [5.74, 6) is -2.29. The summed E-state index contributed by atoms with van der Waals surface area (Å²) >= 11 is 0. The second-order valence-corrected chi connectivity index (χ2v) is 4.07. The molecule has 0 fully saturated rings. The molecule has 0 saturated heterocycles. The lowest BCUT2D eigenvalue weighted by Gasteiger charge is -2.06. The molecule has 1 N–H and O–H groups in total. The third-order valence-electron chi connectivity index (χ3n) is 2.83. The molecule has 0 heterocycles. The molecule has 2 rings (SSSR count). The summed E-state index contributed by atoms with van der Waals surface area (Å²) in [6, 6.07) is 9.88. The third-order valence-corrected chi connectivity index (χ3v) is 2.83. The summed E-state index contributed by atoms with van der Waals surface area (Å²) in [5, 5.41) is 8.78. The monoisotopic (exact) mass is 274 g/mol. The number of hydrogen-bond acceptors (Lipinski definition) is 3. The van der Waals surface area contributed by atoms with E-state index in [2.05, 4.69) is 4.74 Å². The minimum atomic E-state index is -1.18. The van der Waals surface area contributed by atoms with E-state index in [1.165, 1.54) is 31.4 Å². The number of carbonyl (C=O) groups is 2. The van der Waals surface area contributed by atoms with E-state index in [1.54, 1.807) is 12.1 Å². The van der Waals surface area contributed by atoms with Gasteiger partial charge in [-0.25, -0.2) is 14.0 Å². The number of carboxylic acids is 1. The average molecular weight is 274 g/mol. The smallest absolute Gasteiger partial charge is 0.337 e. The second-order valence-electron chi connectivity index (χ2n) is 4.07. The first-order chi connectivity index (χ1) is 9.52. The molecule has 0 bridgehead atoms. The molecular formula is C15H11FO4. The summed E-state index contributed by atoms with van der Waals surface area (Å²) in [4.78, 5) is 22.0. The predicted molar refractivity (Wildman–Crippen MR) is 70.1 cm³/mol. The number of rotatable bonds is 3. The van der Waals surface area contributed by atoms with Gasteiger partial charge in [0.1, 0.15) is 5.82 Å². The van der Waals surface area contributed by atoms with Gasteiger partial charge in [0.2, 0.25) is 0 Å². The molecule has 0 unspecified atom stereocenters. The Labute approximate surface area is 114 Å². The zero-order valence-corrected chi connectivity index (χ0v) is 10.6. The van der Waals surface area contributed by atoms with Gasteiger partial charge in [0, 0.05) is 5.56 Å². The van der Waals surface area contributed by atoms with Gasteiger partial charge in [0.05, 0.1) is 18.2 Å². The van der Waals surface area contributed by atoms with Crippen LogP contribution in [0.15, 0.2) is 42.5 Å². The Morgan fingerprint density at radius 1 is 1.05 bits per heavy atom. The highest BCUT2D eigenvalue weighted by atomic mass is 19.1. The van der Waals surface area contributed by atoms with Crippen LogP contribution < -0.4 is 0 Å². The summed E-state index contributed by atoms with van der Waals surface area (Å²) in [7, 11) is 1.28.